The maximum absolute atomic E-state index is 8.85. The van der Waals surface area contributed by atoms with Gasteiger partial charge in [-0.25, -0.2) is 0 Å². The second-order valence-electron chi connectivity index (χ2n) is 3.79. The number of nitriles is 1. The Bertz CT molecular complexity index is 346. The van der Waals surface area contributed by atoms with Crippen LogP contribution in [0, 0.1) is 17.2 Å². The summed E-state index contributed by atoms with van der Waals surface area (Å²) < 4.78 is 0. The molecule has 0 aliphatic heterocycles. The van der Waals surface area contributed by atoms with Crippen LogP contribution >= 0.6 is 0 Å². The monoisotopic (exact) mass is 201 g/mol. The van der Waals surface area contributed by atoms with Crippen molar-refractivity contribution in [3.8, 4) is 6.07 Å². The Morgan fingerprint density at radius 3 is 2.27 bits per heavy atom. The van der Waals surface area contributed by atoms with Gasteiger partial charge < -0.3 is 0 Å². The van der Waals surface area contributed by atoms with Crippen molar-refractivity contribution in [1.82, 2.24) is 0 Å². The molecule has 0 saturated carbocycles. The number of rotatable bonds is 4. The quantitative estimate of drug-likeness (QED) is 0.494. The van der Waals surface area contributed by atoms with E-state index in [0.717, 1.165) is 5.57 Å². The van der Waals surface area contributed by atoms with Crippen LogP contribution in [0.25, 0.3) is 0 Å². The molecule has 0 atom stereocenters. The largest absolute Gasteiger partial charge is 0.192 e. The van der Waals surface area contributed by atoms with Gasteiger partial charge in [0.15, 0.2) is 0 Å². The Morgan fingerprint density at radius 2 is 1.93 bits per heavy atom. The Balaban J connectivity index is 5.01. The third-order valence-corrected chi connectivity index (χ3v) is 2.05. The second kappa shape index (κ2) is 6.84. The minimum absolute atomic E-state index is 0.461. The van der Waals surface area contributed by atoms with Gasteiger partial charge in [0.2, 0.25) is 0 Å². The van der Waals surface area contributed by atoms with Crippen molar-refractivity contribution in [2.24, 2.45) is 5.92 Å². The minimum atomic E-state index is 0.461. The molecule has 1 heteroatoms. The van der Waals surface area contributed by atoms with Gasteiger partial charge in [-0.15, -0.1) is 0 Å². The lowest BCUT2D eigenvalue weighted by Gasteiger charge is -2.04. The first-order chi connectivity index (χ1) is 7.02. The van der Waals surface area contributed by atoms with Gasteiger partial charge in [0.05, 0.1) is 11.6 Å². The number of allylic oxidation sites excluding steroid dienone is 7. The molecule has 0 aromatic carbocycles. The van der Waals surface area contributed by atoms with Crippen molar-refractivity contribution in [2.75, 3.05) is 0 Å². The molecule has 0 aromatic rings. The molecular formula is C14H19N. The van der Waals surface area contributed by atoms with Crippen LogP contribution in [0.2, 0.25) is 0 Å². The SMILES string of the molecule is C=C(C)\C(C#N)=C/C=C(\C=C/C)C(C)C. The lowest BCUT2D eigenvalue weighted by molar-refractivity contribution is 0.791. The molecule has 0 amide bonds. The highest BCUT2D eigenvalue weighted by atomic mass is 14.2. The Kier molecular flexibility index (Phi) is 6.13. The molecule has 0 aromatic heterocycles. The standard InChI is InChI=1S/C14H19N/c1-6-7-13(11(2)3)8-9-14(10-15)12(4)5/h6-9,11H,4H2,1-3,5H3/b7-6-,13-8+,14-9-. The van der Waals surface area contributed by atoms with Crippen LogP contribution < -0.4 is 0 Å². The lowest BCUT2D eigenvalue weighted by Crippen LogP contribution is -1.90. The van der Waals surface area contributed by atoms with Crippen molar-refractivity contribution in [2.45, 2.75) is 27.7 Å². The normalized spacial score (nSPS) is 13.3. The fourth-order valence-electron chi connectivity index (χ4n) is 1.09. The fraction of sp³-hybridized carbons (Fsp3) is 0.357. The third kappa shape index (κ3) is 5.02. The van der Waals surface area contributed by atoms with Crippen LogP contribution in [0.1, 0.15) is 27.7 Å². The zero-order valence-corrected chi connectivity index (χ0v) is 10.0. The van der Waals surface area contributed by atoms with Crippen LogP contribution in [0.3, 0.4) is 0 Å². The van der Waals surface area contributed by atoms with Crippen molar-refractivity contribution >= 4 is 0 Å². The summed E-state index contributed by atoms with van der Waals surface area (Å²) in [5, 5.41) is 8.85. The van der Waals surface area contributed by atoms with Crippen molar-refractivity contribution in [3.63, 3.8) is 0 Å². The Morgan fingerprint density at radius 1 is 1.33 bits per heavy atom. The zero-order valence-electron chi connectivity index (χ0n) is 10.0. The van der Waals surface area contributed by atoms with Crippen LogP contribution in [-0.4, -0.2) is 0 Å². The third-order valence-electron chi connectivity index (χ3n) is 2.05. The molecule has 0 heterocycles. The zero-order chi connectivity index (χ0) is 11.8. The van der Waals surface area contributed by atoms with Crippen molar-refractivity contribution in [3.05, 3.63) is 47.6 Å². The summed E-state index contributed by atoms with van der Waals surface area (Å²) in [5.74, 6) is 0.461. The van der Waals surface area contributed by atoms with E-state index >= 15 is 0 Å². The molecule has 0 bridgehead atoms. The summed E-state index contributed by atoms with van der Waals surface area (Å²) in [6, 6.07) is 2.13. The van der Waals surface area contributed by atoms with Gasteiger partial charge in [-0.05, 0) is 37.0 Å². The summed E-state index contributed by atoms with van der Waals surface area (Å²) in [6.07, 6.45) is 7.89. The highest BCUT2D eigenvalue weighted by molar-refractivity contribution is 5.42. The maximum atomic E-state index is 8.85. The number of hydrogen-bond acceptors (Lipinski definition) is 1. The van der Waals surface area contributed by atoms with E-state index in [4.69, 9.17) is 5.26 Å². The summed E-state index contributed by atoms with van der Waals surface area (Å²) in [5.41, 5.74) is 2.65. The summed E-state index contributed by atoms with van der Waals surface area (Å²) >= 11 is 0. The second-order valence-corrected chi connectivity index (χ2v) is 3.79. The van der Waals surface area contributed by atoms with E-state index in [2.05, 4.69) is 32.6 Å². The van der Waals surface area contributed by atoms with Crippen LogP contribution in [0.4, 0.5) is 0 Å². The first kappa shape index (κ1) is 13.5. The predicted molar refractivity (Wildman–Crippen MR) is 66.2 cm³/mol. The van der Waals surface area contributed by atoms with Gasteiger partial charge >= 0.3 is 0 Å². The minimum Gasteiger partial charge on any atom is -0.192 e. The molecular weight excluding hydrogens is 182 g/mol. The molecule has 15 heavy (non-hydrogen) atoms. The van der Waals surface area contributed by atoms with E-state index < -0.39 is 0 Å². The van der Waals surface area contributed by atoms with Gasteiger partial charge in [-0.3, -0.25) is 0 Å². The Labute approximate surface area is 93.1 Å². The molecule has 0 aliphatic carbocycles. The first-order valence-electron chi connectivity index (χ1n) is 5.13. The molecule has 1 nitrogen and oxygen atoms in total. The topological polar surface area (TPSA) is 23.8 Å². The molecule has 80 valence electrons. The smallest absolute Gasteiger partial charge is 0.0994 e. The van der Waals surface area contributed by atoms with Crippen LogP contribution in [0.15, 0.2) is 47.6 Å². The molecule has 0 N–H and O–H groups in total. The predicted octanol–water partition coefficient (Wildman–Crippen LogP) is 4.17. The van der Waals surface area contributed by atoms with Crippen LogP contribution in [-0.2, 0) is 0 Å². The van der Waals surface area contributed by atoms with Crippen LogP contribution in [0.5, 0.6) is 0 Å². The van der Waals surface area contributed by atoms with E-state index in [9.17, 15) is 0 Å². The number of hydrogen-bond donors (Lipinski definition) is 0. The summed E-state index contributed by atoms with van der Waals surface area (Å²) in [4.78, 5) is 0. The highest BCUT2D eigenvalue weighted by Gasteiger charge is 1.98. The molecule has 0 aliphatic rings. The maximum Gasteiger partial charge on any atom is 0.0994 e. The highest BCUT2D eigenvalue weighted by Crippen LogP contribution is 2.13. The molecule has 0 radical (unpaired) electrons. The Hall–Kier alpha value is -1.55. The molecule has 0 unspecified atom stereocenters. The summed E-state index contributed by atoms with van der Waals surface area (Å²) in [7, 11) is 0. The van der Waals surface area contributed by atoms with Gasteiger partial charge in [0, 0.05) is 0 Å². The van der Waals surface area contributed by atoms with Gasteiger partial charge in [0.1, 0.15) is 0 Å². The fourth-order valence-corrected chi connectivity index (χ4v) is 1.09. The van der Waals surface area contributed by atoms with E-state index in [-0.39, 0.29) is 0 Å². The molecule has 0 rings (SSSR count). The van der Waals surface area contributed by atoms with Gasteiger partial charge in [0.25, 0.3) is 0 Å². The van der Waals surface area contributed by atoms with E-state index in [0.29, 0.717) is 11.5 Å². The molecule has 0 fully saturated rings. The lowest BCUT2D eigenvalue weighted by atomic mass is 10.0. The average Bonchev–Trinajstić information content (AvgIpc) is 2.16. The van der Waals surface area contributed by atoms with Crippen molar-refractivity contribution < 1.29 is 0 Å². The summed E-state index contributed by atoms with van der Waals surface area (Å²) in [6.45, 7) is 11.9. The molecule has 0 saturated heterocycles. The molecule has 0 spiro atoms. The van der Waals surface area contributed by atoms with E-state index in [1.165, 1.54) is 5.57 Å². The van der Waals surface area contributed by atoms with E-state index in [1.54, 1.807) is 0 Å². The average molecular weight is 201 g/mol. The van der Waals surface area contributed by atoms with Crippen molar-refractivity contribution in [1.29, 1.82) is 5.26 Å². The van der Waals surface area contributed by atoms with Gasteiger partial charge in [-0.2, -0.15) is 5.26 Å². The van der Waals surface area contributed by atoms with E-state index in [1.807, 2.05) is 32.1 Å². The van der Waals surface area contributed by atoms with Gasteiger partial charge in [-0.1, -0.05) is 38.7 Å². The first-order valence-corrected chi connectivity index (χ1v) is 5.13. The number of nitrogens with zero attached hydrogens (tertiary/aromatic N) is 1.